The Hall–Kier alpha value is -0.775. The second kappa shape index (κ2) is 3.87. The van der Waals surface area contributed by atoms with Crippen molar-refractivity contribution < 1.29 is 9.31 Å². The summed E-state index contributed by atoms with van der Waals surface area (Å²) in [6.07, 6.45) is 1.60. The topological polar surface area (TPSA) is 57.4 Å². The smallest absolute Gasteiger partial charge is 0.398 e. The lowest BCUT2D eigenvalue weighted by atomic mass is 9.83. The molecule has 0 atom stereocenters. The molecular formula is C11H16BClN2O2. The molecule has 0 spiro atoms. The van der Waals surface area contributed by atoms with Crippen LogP contribution in [0.25, 0.3) is 0 Å². The molecule has 1 aromatic heterocycles. The number of nitrogens with two attached hydrogens (primary N) is 1. The van der Waals surface area contributed by atoms with Crippen LogP contribution in [0.3, 0.4) is 0 Å². The molecule has 1 aromatic rings. The van der Waals surface area contributed by atoms with Gasteiger partial charge in [-0.3, -0.25) is 4.98 Å². The molecule has 0 aliphatic carbocycles. The summed E-state index contributed by atoms with van der Waals surface area (Å²) in [6, 6.07) is 1.64. The van der Waals surface area contributed by atoms with Gasteiger partial charge < -0.3 is 15.0 Å². The molecule has 1 saturated heterocycles. The molecule has 2 N–H and O–H groups in total. The zero-order valence-electron chi connectivity index (χ0n) is 10.5. The van der Waals surface area contributed by atoms with Crippen LogP contribution in [0.5, 0.6) is 0 Å². The fourth-order valence-corrected chi connectivity index (χ4v) is 1.76. The predicted octanol–water partition coefficient (Wildman–Crippen LogP) is 1.62. The van der Waals surface area contributed by atoms with Gasteiger partial charge >= 0.3 is 7.12 Å². The first-order valence-electron chi connectivity index (χ1n) is 5.50. The van der Waals surface area contributed by atoms with E-state index in [1.54, 1.807) is 12.3 Å². The minimum atomic E-state index is -0.571. The van der Waals surface area contributed by atoms with Gasteiger partial charge in [-0.1, -0.05) is 11.6 Å². The average molecular weight is 255 g/mol. The third-order valence-electron chi connectivity index (χ3n) is 3.44. The molecule has 1 aliphatic rings. The molecule has 2 rings (SSSR count). The second-order valence-corrected chi connectivity index (χ2v) is 5.59. The predicted molar refractivity (Wildman–Crippen MR) is 69.4 cm³/mol. The Labute approximate surface area is 107 Å². The first kappa shape index (κ1) is 12.7. The number of nitrogen functional groups attached to an aromatic ring is 1. The molecule has 0 saturated carbocycles. The van der Waals surface area contributed by atoms with Gasteiger partial charge in [-0.05, 0) is 33.8 Å². The van der Waals surface area contributed by atoms with Crippen molar-refractivity contribution in [2.45, 2.75) is 38.9 Å². The van der Waals surface area contributed by atoms with E-state index in [0.29, 0.717) is 16.3 Å². The summed E-state index contributed by atoms with van der Waals surface area (Å²) >= 11 is 5.96. The first-order valence-corrected chi connectivity index (χ1v) is 5.88. The third-order valence-corrected chi connectivity index (χ3v) is 3.77. The van der Waals surface area contributed by atoms with Gasteiger partial charge in [-0.15, -0.1) is 0 Å². The van der Waals surface area contributed by atoms with Gasteiger partial charge in [0, 0.05) is 6.20 Å². The lowest BCUT2D eigenvalue weighted by molar-refractivity contribution is 0.00578. The Morgan fingerprint density at radius 1 is 1.24 bits per heavy atom. The van der Waals surface area contributed by atoms with Crippen LogP contribution in [0.2, 0.25) is 5.02 Å². The van der Waals surface area contributed by atoms with E-state index in [0.717, 1.165) is 0 Å². The van der Waals surface area contributed by atoms with Crippen LogP contribution in [0, 0.1) is 0 Å². The molecule has 0 unspecified atom stereocenters. The van der Waals surface area contributed by atoms with Gasteiger partial charge in [0.2, 0.25) is 0 Å². The Morgan fingerprint density at radius 3 is 2.29 bits per heavy atom. The monoisotopic (exact) mass is 254 g/mol. The van der Waals surface area contributed by atoms with Gasteiger partial charge in [-0.25, -0.2) is 0 Å². The van der Waals surface area contributed by atoms with Crippen LogP contribution < -0.4 is 11.3 Å². The molecule has 2 heterocycles. The van der Waals surface area contributed by atoms with Gasteiger partial charge in [0.1, 0.15) is 0 Å². The number of hydrogen-bond donors (Lipinski definition) is 1. The number of anilines is 1. The number of pyridine rings is 1. The van der Waals surface area contributed by atoms with Crippen LogP contribution in [0.1, 0.15) is 27.7 Å². The summed E-state index contributed by atoms with van der Waals surface area (Å²) in [7, 11) is -0.571. The van der Waals surface area contributed by atoms with Crippen molar-refractivity contribution in [2.75, 3.05) is 5.73 Å². The van der Waals surface area contributed by atoms with Crippen LogP contribution in [0.15, 0.2) is 12.3 Å². The molecule has 6 heteroatoms. The average Bonchev–Trinajstić information content (AvgIpc) is 2.40. The maximum atomic E-state index is 5.96. The lowest BCUT2D eigenvalue weighted by Gasteiger charge is -2.32. The number of nitrogens with zero attached hydrogens (tertiary/aromatic N) is 1. The number of hydrogen-bond acceptors (Lipinski definition) is 4. The van der Waals surface area contributed by atoms with E-state index in [2.05, 4.69) is 4.98 Å². The van der Waals surface area contributed by atoms with Gasteiger partial charge in [0.05, 0.1) is 27.5 Å². The summed E-state index contributed by atoms with van der Waals surface area (Å²) < 4.78 is 11.7. The Morgan fingerprint density at radius 2 is 1.76 bits per heavy atom. The highest BCUT2D eigenvalue weighted by molar-refractivity contribution is 6.63. The standard InChI is InChI=1S/C11H16BClN2O2/c1-10(2)11(3,4)17-12(16-10)9-8(14)7(13)5-6-15-9/h5-6H,14H2,1-4H3. The van der Waals surface area contributed by atoms with Crippen molar-refractivity contribution in [3.8, 4) is 0 Å². The highest BCUT2D eigenvalue weighted by Gasteiger charge is 2.53. The van der Waals surface area contributed by atoms with E-state index in [1.165, 1.54) is 0 Å². The third kappa shape index (κ3) is 2.03. The maximum absolute atomic E-state index is 5.96. The van der Waals surface area contributed by atoms with Crippen molar-refractivity contribution >= 4 is 30.0 Å². The summed E-state index contributed by atoms with van der Waals surface area (Å²) in [5.74, 6) is 0. The van der Waals surface area contributed by atoms with Gasteiger partial charge in [-0.2, -0.15) is 0 Å². The minimum absolute atomic E-state index is 0.409. The van der Waals surface area contributed by atoms with Crippen molar-refractivity contribution in [1.82, 2.24) is 4.98 Å². The van der Waals surface area contributed by atoms with Gasteiger partial charge in [0.25, 0.3) is 0 Å². The largest absolute Gasteiger partial charge is 0.516 e. The van der Waals surface area contributed by atoms with Crippen LogP contribution in [0.4, 0.5) is 5.69 Å². The summed E-state index contributed by atoms with van der Waals surface area (Å²) in [6.45, 7) is 7.92. The van der Waals surface area contributed by atoms with Crippen LogP contribution >= 0.6 is 11.6 Å². The Balaban J connectivity index is 2.36. The number of halogens is 1. The molecule has 0 radical (unpaired) electrons. The fraction of sp³-hybridized carbons (Fsp3) is 0.545. The molecule has 1 fully saturated rings. The fourth-order valence-electron chi connectivity index (χ4n) is 1.61. The zero-order chi connectivity index (χ0) is 12.8. The molecule has 0 amide bonds. The summed E-state index contributed by atoms with van der Waals surface area (Å²) in [4.78, 5) is 4.19. The number of aromatic nitrogens is 1. The molecule has 4 nitrogen and oxygen atoms in total. The maximum Gasteiger partial charge on any atom is 0.516 e. The molecule has 0 bridgehead atoms. The molecule has 1 aliphatic heterocycles. The van der Waals surface area contributed by atoms with Crippen LogP contribution in [-0.2, 0) is 9.31 Å². The molecule has 17 heavy (non-hydrogen) atoms. The second-order valence-electron chi connectivity index (χ2n) is 5.18. The van der Waals surface area contributed by atoms with E-state index in [9.17, 15) is 0 Å². The highest BCUT2D eigenvalue weighted by atomic mass is 35.5. The molecule has 92 valence electrons. The number of rotatable bonds is 1. The van der Waals surface area contributed by atoms with Crippen molar-refractivity contribution in [2.24, 2.45) is 0 Å². The van der Waals surface area contributed by atoms with Gasteiger partial charge in [0.15, 0.2) is 0 Å². The van der Waals surface area contributed by atoms with E-state index in [4.69, 9.17) is 26.6 Å². The Bertz CT molecular complexity index is 435. The first-order chi connectivity index (χ1) is 7.74. The van der Waals surface area contributed by atoms with Crippen molar-refractivity contribution in [3.05, 3.63) is 17.3 Å². The zero-order valence-corrected chi connectivity index (χ0v) is 11.2. The summed E-state index contributed by atoms with van der Waals surface area (Å²) in [5.41, 5.74) is 6.02. The minimum Gasteiger partial charge on any atom is -0.398 e. The van der Waals surface area contributed by atoms with Crippen molar-refractivity contribution in [1.29, 1.82) is 0 Å². The molecular weight excluding hydrogens is 238 g/mol. The van der Waals surface area contributed by atoms with Crippen LogP contribution in [-0.4, -0.2) is 23.3 Å². The van der Waals surface area contributed by atoms with E-state index < -0.39 is 18.3 Å². The summed E-state index contributed by atoms with van der Waals surface area (Å²) in [5, 5.41) is 0.463. The SMILES string of the molecule is CC1(C)OB(c2nccc(Cl)c2N)OC1(C)C. The van der Waals surface area contributed by atoms with E-state index >= 15 is 0 Å². The Kier molecular flexibility index (Phi) is 2.88. The van der Waals surface area contributed by atoms with Crippen molar-refractivity contribution in [3.63, 3.8) is 0 Å². The molecule has 0 aromatic carbocycles. The lowest BCUT2D eigenvalue weighted by Crippen LogP contribution is -2.41. The van der Waals surface area contributed by atoms with E-state index in [1.807, 2.05) is 27.7 Å². The quantitative estimate of drug-likeness (QED) is 0.774. The highest BCUT2D eigenvalue weighted by Crippen LogP contribution is 2.36. The normalized spacial score (nSPS) is 21.8. The van der Waals surface area contributed by atoms with E-state index in [-0.39, 0.29) is 0 Å².